The predicted octanol–water partition coefficient (Wildman–Crippen LogP) is 3.86. The highest BCUT2D eigenvalue weighted by molar-refractivity contribution is 5.87. The number of rotatable bonds is 19. The Kier molecular flexibility index (Phi) is 16.8. The molecule has 2 aromatic carbocycles. The van der Waals surface area contributed by atoms with Gasteiger partial charge in [-0.1, -0.05) is 100 Å². The maximum atomic E-state index is 13.9. The molecule has 0 saturated heterocycles. The molecule has 6 N–H and O–H groups in total. The summed E-state index contributed by atoms with van der Waals surface area (Å²) in [4.78, 5) is 61.3. The van der Waals surface area contributed by atoms with Gasteiger partial charge in [0.1, 0.15) is 37.5 Å². The summed E-state index contributed by atoms with van der Waals surface area (Å²) in [7, 11) is 0. The first-order chi connectivity index (χ1) is 26.9. The molecule has 0 saturated carbocycles. The van der Waals surface area contributed by atoms with Gasteiger partial charge in [-0.3, -0.25) is 19.6 Å². The molecule has 4 amide bonds. The van der Waals surface area contributed by atoms with Gasteiger partial charge < -0.3 is 41.0 Å². The lowest BCUT2D eigenvalue weighted by molar-refractivity contribution is -0.129. The van der Waals surface area contributed by atoms with Crippen molar-refractivity contribution in [2.24, 2.45) is 11.8 Å². The van der Waals surface area contributed by atoms with Crippen LogP contribution in [0, 0.1) is 11.8 Å². The molecular weight excluding hydrogens is 716 g/mol. The summed E-state index contributed by atoms with van der Waals surface area (Å²) in [5.41, 5.74) is 2.85. The number of amides is 4. The number of aromatic nitrogens is 2. The van der Waals surface area contributed by atoms with E-state index in [2.05, 4.69) is 31.2 Å². The van der Waals surface area contributed by atoms with E-state index in [-0.39, 0.29) is 37.9 Å². The number of pyridine rings is 2. The van der Waals surface area contributed by atoms with Gasteiger partial charge in [0, 0.05) is 35.9 Å². The number of nitrogens with zero attached hydrogens (tertiary/aromatic N) is 2. The van der Waals surface area contributed by atoms with Crippen LogP contribution in [0.15, 0.2) is 110 Å². The van der Waals surface area contributed by atoms with Crippen LogP contribution in [0.25, 0.3) is 0 Å². The van der Waals surface area contributed by atoms with Crippen molar-refractivity contribution in [3.05, 3.63) is 132 Å². The number of alkyl carbamates (subject to hydrolysis) is 2. The Hall–Kier alpha value is -5.86. The largest absolute Gasteiger partial charge is 0.445 e. The van der Waals surface area contributed by atoms with Gasteiger partial charge in [0.05, 0.1) is 12.1 Å². The van der Waals surface area contributed by atoms with E-state index < -0.39 is 60.4 Å². The Labute approximate surface area is 327 Å². The summed E-state index contributed by atoms with van der Waals surface area (Å²) < 4.78 is 10.7. The summed E-state index contributed by atoms with van der Waals surface area (Å²) in [6.45, 7) is 6.90. The molecule has 0 aliphatic carbocycles. The van der Waals surface area contributed by atoms with Gasteiger partial charge in [-0.05, 0) is 47.9 Å². The van der Waals surface area contributed by atoms with Gasteiger partial charge in [0.15, 0.2) is 0 Å². The minimum atomic E-state index is -1.62. The van der Waals surface area contributed by atoms with Crippen LogP contribution in [0.1, 0.15) is 49.9 Å². The molecule has 0 bridgehead atoms. The summed E-state index contributed by atoms with van der Waals surface area (Å²) in [6, 6.07) is 20.8. The third kappa shape index (κ3) is 13.8. The zero-order valence-electron chi connectivity index (χ0n) is 32.1. The van der Waals surface area contributed by atoms with Crippen molar-refractivity contribution in [3.8, 4) is 0 Å². The Balaban J connectivity index is 1.53. The van der Waals surface area contributed by atoms with E-state index in [4.69, 9.17) is 9.47 Å². The van der Waals surface area contributed by atoms with Crippen molar-refractivity contribution >= 4 is 24.0 Å². The molecule has 2 aromatic heterocycles. The molecular formula is C42H52N6O8. The second-order valence-corrected chi connectivity index (χ2v) is 14.2. The third-order valence-electron chi connectivity index (χ3n) is 9.06. The maximum absolute atomic E-state index is 13.9. The first-order valence-electron chi connectivity index (χ1n) is 18.6. The average molecular weight is 769 g/mol. The van der Waals surface area contributed by atoms with Gasteiger partial charge in [-0.15, -0.1) is 0 Å². The molecule has 0 aliphatic heterocycles. The van der Waals surface area contributed by atoms with Gasteiger partial charge in [0.25, 0.3) is 0 Å². The third-order valence-corrected chi connectivity index (χ3v) is 9.06. The number of aliphatic hydroxyl groups is 2. The lowest BCUT2D eigenvalue weighted by atomic mass is 9.90. The van der Waals surface area contributed by atoms with Gasteiger partial charge in [-0.25, -0.2) is 9.59 Å². The highest BCUT2D eigenvalue weighted by Crippen LogP contribution is 2.17. The minimum absolute atomic E-state index is 0.0536. The number of carbonyl (C=O) groups excluding carboxylic acids is 4. The molecule has 0 spiro atoms. The fraction of sp³-hybridized carbons (Fsp3) is 0.381. The Morgan fingerprint density at radius 1 is 0.536 bits per heavy atom. The number of hydrogen-bond acceptors (Lipinski definition) is 10. The van der Waals surface area contributed by atoms with E-state index in [0.717, 1.165) is 11.1 Å². The number of aliphatic hydroxyl groups excluding tert-OH is 2. The molecule has 0 unspecified atom stereocenters. The zero-order chi connectivity index (χ0) is 40.5. The first kappa shape index (κ1) is 42.9. The minimum Gasteiger partial charge on any atom is -0.445 e. The lowest BCUT2D eigenvalue weighted by Gasteiger charge is -2.35. The lowest BCUT2D eigenvalue weighted by Crippen LogP contribution is -2.61. The smallest absolute Gasteiger partial charge is 0.408 e. The van der Waals surface area contributed by atoms with Crippen LogP contribution < -0.4 is 21.3 Å². The van der Waals surface area contributed by atoms with Crippen LogP contribution in [0.2, 0.25) is 0 Å². The molecule has 14 nitrogen and oxygen atoms in total. The molecule has 4 rings (SSSR count). The number of carbonyl (C=O) groups is 4. The van der Waals surface area contributed by atoms with Crippen molar-refractivity contribution in [2.75, 3.05) is 0 Å². The number of benzene rings is 2. The summed E-state index contributed by atoms with van der Waals surface area (Å²) in [6.07, 6.45) is 1.66. The standard InChI is InChI=1S/C42H52N6O8/c1-27(2)35(47-41(53)55-25-31-17-11-19-43-23-31)39(51)45-33(21-29-13-7-5-8-14-29)37(49)38(50)34(22-30-15-9-6-10-16-30)46-40(52)36(28(3)4)48-42(54)56-26-32-18-12-20-44-24-32/h5-20,23-24,27-28,33-38,49-50H,21-22,25-26H2,1-4H3,(H,45,51)(H,46,52)(H,47,53)(H,48,54)/t33-,34-,35-,36+,37-,38+/m0/s1. The van der Waals surface area contributed by atoms with E-state index in [1.807, 2.05) is 60.7 Å². The molecule has 0 fully saturated rings. The summed E-state index contributed by atoms with van der Waals surface area (Å²) in [5.74, 6) is -1.99. The number of hydrogen-bond donors (Lipinski definition) is 6. The molecule has 298 valence electrons. The van der Waals surface area contributed by atoms with Crippen LogP contribution in [-0.4, -0.2) is 80.6 Å². The molecule has 56 heavy (non-hydrogen) atoms. The fourth-order valence-electron chi connectivity index (χ4n) is 5.94. The van der Waals surface area contributed by atoms with Gasteiger partial charge in [0.2, 0.25) is 11.8 Å². The number of ether oxygens (including phenoxy) is 2. The highest BCUT2D eigenvalue weighted by Gasteiger charge is 2.37. The van der Waals surface area contributed by atoms with E-state index in [1.54, 1.807) is 76.7 Å². The molecule has 0 radical (unpaired) electrons. The van der Waals surface area contributed by atoms with Gasteiger partial charge in [-0.2, -0.15) is 0 Å². The molecule has 4 aromatic rings. The average Bonchev–Trinajstić information content (AvgIpc) is 3.20. The van der Waals surface area contributed by atoms with Crippen LogP contribution >= 0.6 is 0 Å². The maximum Gasteiger partial charge on any atom is 0.408 e. The van der Waals surface area contributed by atoms with Crippen molar-refractivity contribution in [3.63, 3.8) is 0 Å². The SMILES string of the molecule is CC(C)[C@H](NC(=O)OCc1cccnc1)C(=O)N[C@@H](Cc1ccccc1)[C@H](O)[C@H](O)[C@H](Cc1ccccc1)NC(=O)[C@H](NC(=O)OCc1cccnc1)C(C)C. The van der Waals surface area contributed by atoms with E-state index >= 15 is 0 Å². The van der Waals surface area contributed by atoms with Crippen LogP contribution in [0.5, 0.6) is 0 Å². The summed E-state index contributed by atoms with van der Waals surface area (Å²) in [5, 5.41) is 34.8. The van der Waals surface area contributed by atoms with Crippen molar-refractivity contribution in [1.29, 1.82) is 0 Å². The normalized spacial score (nSPS) is 14.4. The van der Waals surface area contributed by atoms with E-state index in [0.29, 0.717) is 11.1 Å². The van der Waals surface area contributed by atoms with Crippen LogP contribution in [0.4, 0.5) is 9.59 Å². The van der Waals surface area contributed by atoms with Crippen molar-refractivity contribution in [2.45, 2.75) is 90.1 Å². The van der Waals surface area contributed by atoms with E-state index in [9.17, 15) is 29.4 Å². The van der Waals surface area contributed by atoms with Crippen LogP contribution in [-0.2, 0) is 45.1 Å². The fourth-order valence-corrected chi connectivity index (χ4v) is 5.94. The molecule has 2 heterocycles. The number of nitrogens with one attached hydrogen (secondary N) is 4. The molecule has 14 heteroatoms. The monoisotopic (exact) mass is 768 g/mol. The second-order valence-electron chi connectivity index (χ2n) is 14.2. The highest BCUT2D eigenvalue weighted by atomic mass is 16.6. The topological polar surface area (TPSA) is 201 Å². The van der Waals surface area contributed by atoms with E-state index in [1.165, 1.54) is 0 Å². The van der Waals surface area contributed by atoms with Crippen LogP contribution in [0.3, 0.4) is 0 Å². The predicted molar refractivity (Wildman–Crippen MR) is 209 cm³/mol. The molecule has 6 atom stereocenters. The Morgan fingerprint density at radius 2 is 0.893 bits per heavy atom. The molecule has 0 aliphatic rings. The van der Waals surface area contributed by atoms with Crippen molar-refractivity contribution < 1.29 is 38.9 Å². The van der Waals surface area contributed by atoms with Crippen molar-refractivity contribution in [1.82, 2.24) is 31.2 Å². The summed E-state index contributed by atoms with van der Waals surface area (Å²) >= 11 is 0. The first-order valence-corrected chi connectivity index (χ1v) is 18.6. The second kappa shape index (κ2) is 21.9. The van der Waals surface area contributed by atoms with Gasteiger partial charge >= 0.3 is 12.2 Å². The Bertz CT molecular complexity index is 1670. The Morgan fingerprint density at radius 3 is 1.21 bits per heavy atom. The zero-order valence-corrected chi connectivity index (χ0v) is 32.1. The quantitative estimate of drug-likeness (QED) is 0.0814.